The van der Waals surface area contributed by atoms with E-state index in [-0.39, 0.29) is 11.9 Å². The van der Waals surface area contributed by atoms with Crippen LogP contribution in [-0.2, 0) is 0 Å². The number of hydrogen-bond acceptors (Lipinski definition) is 3. The molecule has 0 aromatic heterocycles. The van der Waals surface area contributed by atoms with E-state index in [0.29, 0.717) is 16.3 Å². The van der Waals surface area contributed by atoms with Gasteiger partial charge in [-0.05, 0) is 37.9 Å². The van der Waals surface area contributed by atoms with Gasteiger partial charge in [-0.3, -0.25) is 4.79 Å². The number of nitrogen functional groups attached to an aromatic ring is 1. The van der Waals surface area contributed by atoms with Crippen LogP contribution in [0.4, 0.5) is 5.69 Å². The molecule has 0 atom stereocenters. The maximum Gasteiger partial charge on any atom is 0.255 e. The van der Waals surface area contributed by atoms with E-state index in [2.05, 4.69) is 11.8 Å². The molecule has 5 heteroatoms. The summed E-state index contributed by atoms with van der Waals surface area (Å²) in [7, 11) is 1.86. The van der Waals surface area contributed by atoms with Gasteiger partial charge in [-0.25, -0.2) is 0 Å². The fourth-order valence-corrected chi connectivity index (χ4v) is 3.12. The lowest BCUT2D eigenvalue weighted by molar-refractivity contribution is 0.0643. The molecular formula is C16H24ClN3O. The summed E-state index contributed by atoms with van der Waals surface area (Å²) >= 11 is 6.15. The molecule has 0 radical (unpaired) electrons. The van der Waals surface area contributed by atoms with Gasteiger partial charge < -0.3 is 15.5 Å². The molecule has 1 aliphatic rings. The molecule has 1 amide bonds. The van der Waals surface area contributed by atoms with E-state index in [0.717, 1.165) is 32.5 Å². The zero-order valence-corrected chi connectivity index (χ0v) is 13.6. The van der Waals surface area contributed by atoms with Crippen molar-refractivity contribution < 1.29 is 4.79 Å². The van der Waals surface area contributed by atoms with Crippen LogP contribution in [0.2, 0.25) is 5.02 Å². The Morgan fingerprint density at radius 2 is 2.10 bits per heavy atom. The Kier molecular flexibility index (Phi) is 5.48. The summed E-state index contributed by atoms with van der Waals surface area (Å²) in [5.41, 5.74) is 6.73. The van der Waals surface area contributed by atoms with Crippen LogP contribution in [0.1, 0.15) is 36.5 Å². The molecule has 2 rings (SSSR count). The van der Waals surface area contributed by atoms with Crippen LogP contribution in [0.3, 0.4) is 0 Å². The summed E-state index contributed by atoms with van der Waals surface area (Å²) in [6.45, 7) is 5.45. The van der Waals surface area contributed by atoms with Crippen LogP contribution in [0.5, 0.6) is 0 Å². The van der Waals surface area contributed by atoms with Crippen LogP contribution in [0, 0.1) is 0 Å². The number of piperidine rings is 1. The van der Waals surface area contributed by atoms with E-state index in [4.69, 9.17) is 17.3 Å². The number of hydrogen-bond donors (Lipinski definition) is 1. The Morgan fingerprint density at radius 1 is 1.43 bits per heavy atom. The SMILES string of the molecule is CCCN1CCC(N(C)C(=O)c2cccc(N)c2Cl)CC1. The summed E-state index contributed by atoms with van der Waals surface area (Å²) in [6.07, 6.45) is 3.21. The minimum Gasteiger partial charge on any atom is -0.398 e. The van der Waals surface area contributed by atoms with Crippen molar-refractivity contribution >= 4 is 23.2 Å². The van der Waals surface area contributed by atoms with Gasteiger partial charge in [0.2, 0.25) is 0 Å². The minimum absolute atomic E-state index is 0.0405. The predicted octanol–water partition coefficient (Wildman–Crippen LogP) is 2.87. The molecule has 0 bridgehead atoms. The first-order valence-corrected chi connectivity index (χ1v) is 7.96. The number of likely N-dealkylation sites (tertiary alicyclic amines) is 1. The van der Waals surface area contributed by atoms with E-state index in [9.17, 15) is 4.79 Å². The lowest BCUT2D eigenvalue weighted by atomic mass is 10.0. The Labute approximate surface area is 131 Å². The standard InChI is InChI=1S/C16H24ClN3O/c1-3-9-20-10-7-12(8-11-20)19(2)16(21)13-5-4-6-14(18)15(13)17/h4-6,12H,3,7-11,18H2,1-2H3. The molecule has 116 valence electrons. The van der Waals surface area contributed by atoms with Crippen molar-refractivity contribution in [3.05, 3.63) is 28.8 Å². The average molecular weight is 310 g/mol. The Balaban J connectivity index is 2.02. The van der Waals surface area contributed by atoms with E-state index in [1.807, 2.05) is 11.9 Å². The molecule has 1 fully saturated rings. The lowest BCUT2D eigenvalue weighted by Gasteiger charge is -2.36. The van der Waals surface area contributed by atoms with Crippen molar-refractivity contribution in [2.75, 3.05) is 32.4 Å². The molecule has 1 aromatic carbocycles. The normalized spacial score (nSPS) is 16.9. The highest BCUT2D eigenvalue weighted by Crippen LogP contribution is 2.26. The zero-order chi connectivity index (χ0) is 15.4. The van der Waals surface area contributed by atoms with Crippen molar-refractivity contribution in [3.8, 4) is 0 Å². The van der Waals surface area contributed by atoms with E-state index in [1.165, 1.54) is 6.42 Å². The fraction of sp³-hybridized carbons (Fsp3) is 0.562. The number of rotatable bonds is 4. The predicted molar refractivity (Wildman–Crippen MR) is 87.7 cm³/mol. The minimum atomic E-state index is -0.0405. The maximum absolute atomic E-state index is 12.6. The number of amides is 1. The van der Waals surface area contributed by atoms with Crippen LogP contribution in [0.15, 0.2) is 18.2 Å². The van der Waals surface area contributed by atoms with Gasteiger partial charge in [0, 0.05) is 26.2 Å². The number of nitrogens with zero attached hydrogens (tertiary/aromatic N) is 2. The molecule has 0 spiro atoms. The highest BCUT2D eigenvalue weighted by molar-refractivity contribution is 6.36. The number of halogens is 1. The molecule has 21 heavy (non-hydrogen) atoms. The first kappa shape index (κ1) is 16.1. The maximum atomic E-state index is 12.6. The van der Waals surface area contributed by atoms with Gasteiger partial charge in [0.05, 0.1) is 16.3 Å². The van der Waals surface area contributed by atoms with Gasteiger partial charge in [-0.2, -0.15) is 0 Å². The number of nitrogens with two attached hydrogens (primary N) is 1. The number of carbonyl (C=O) groups is 1. The van der Waals surface area contributed by atoms with Crippen molar-refractivity contribution in [1.82, 2.24) is 9.80 Å². The topological polar surface area (TPSA) is 49.6 Å². The first-order valence-electron chi connectivity index (χ1n) is 7.58. The van der Waals surface area contributed by atoms with Gasteiger partial charge in [0.1, 0.15) is 0 Å². The number of carbonyl (C=O) groups excluding carboxylic acids is 1. The second-order valence-electron chi connectivity index (χ2n) is 5.70. The molecule has 4 nitrogen and oxygen atoms in total. The second kappa shape index (κ2) is 7.14. The van der Waals surface area contributed by atoms with Crippen molar-refractivity contribution in [3.63, 3.8) is 0 Å². The van der Waals surface area contributed by atoms with Gasteiger partial charge in [0.15, 0.2) is 0 Å². The second-order valence-corrected chi connectivity index (χ2v) is 6.08. The third-order valence-electron chi connectivity index (χ3n) is 4.22. The summed E-state index contributed by atoms with van der Waals surface area (Å²) in [5.74, 6) is -0.0405. The highest BCUT2D eigenvalue weighted by Gasteiger charge is 2.26. The zero-order valence-electron chi connectivity index (χ0n) is 12.8. The Morgan fingerprint density at radius 3 is 2.71 bits per heavy atom. The van der Waals surface area contributed by atoms with E-state index >= 15 is 0 Å². The summed E-state index contributed by atoms with van der Waals surface area (Å²) in [4.78, 5) is 16.9. The van der Waals surface area contributed by atoms with Gasteiger partial charge >= 0.3 is 0 Å². The molecule has 1 aliphatic heterocycles. The molecule has 0 aliphatic carbocycles. The summed E-state index contributed by atoms with van der Waals surface area (Å²) in [6, 6.07) is 5.50. The quantitative estimate of drug-likeness (QED) is 0.870. The fourth-order valence-electron chi connectivity index (χ4n) is 2.92. The molecule has 2 N–H and O–H groups in total. The van der Waals surface area contributed by atoms with Crippen LogP contribution in [0.25, 0.3) is 0 Å². The first-order chi connectivity index (χ1) is 10.0. The molecule has 0 saturated carbocycles. The summed E-state index contributed by atoms with van der Waals surface area (Å²) < 4.78 is 0. The van der Waals surface area contributed by atoms with Crippen molar-refractivity contribution in [2.24, 2.45) is 0 Å². The molecular weight excluding hydrogens is 286 g/mol. The van der Waals surface area contributed by atoms with Crippen LogP contribution < -0.4 is 5.73 Å². The Bertz CT molecular complexity index is 498. The van der Waals surface area contributed by atoms with Crippen molar-refractivity contribution in [2.45, 2.75) is 32.2 Å². The smallest absolute Gasteiger partial charge is 0.255 e. The highest BCUT2D eigenvalue weighted by atomic mass is 35.5. The molecule has 0 unspecified atom stereocenters. The summed E-state index contributed by atoms with van der Waals surface area (Å²) in [5, 5.41) is 0.359. The lowest BCUT2D eigenvalue weighted by Crippen LogP contribution is -2.45. The number of anilines is 1. The molecule has 1 saturated heterocycles. The van der Waals surface area contributed by atoms with Crippen LogP contribution in [-0.4, -0.2) is 48.4 Å². The molecule has 1 aromatic rings. The Hall–Kier alpha value is -1.26. The monoisotopic (exact) mass is 309 g/mol. The third kappa shape index (κ3) is 3.69. The van der Waals surface area contributed by atoms with E-state index < -0.39 is 0 Å². The average Bonchev–Trinajstić information content (AvgIpc) is 2.50. The largest absolute Gasteiger partial charge is 0.398 e. The van der Waals surface area contributed by atoms with Gasteiger partial charge in [-0.15, -0.1) is 0 Å². The third-order valence-corrected chi connectivity index (χ3v) is 4.65. The molecule has 1 heterocycles. The van der Waals surface area contributed by atoms with Gasteiger partial charge in [-0.1, -0.05) is 24.6 Å². The van der Waals surface area contributed by atoms with Crippen molar-refractivity contribution in [1.29, 1.82) is 0 Å². The van der Waals surface area contributed by atoms with E-state index in [1.54, 1.807) is 18.2 Å². The van der Waals surface area contributed by atoms with Gasteiger partial charge in [0.25, 0.3) is 5.91 Å². The number of benzene rings is 1. The van der Waals surface area contributed by atoms with Crippen LogP contribution >= 0.6 is 11.6 Å².